The van der Waals surface area contributed by atoms with Gasteiger partial charge >= 0.3 is 0 Å². The van der Waals surface area contributed by atoms with Crippen molar-refractivity contribution in [1.29, 1.82) is 0 Å². The summed E-state index contributed by atoms with van der Waals surface area (Å²) in [7, 11) is 1.80. The molecular weight excluding hydrogens is 224 g/mol. The summed E-state index contributed by atoms with van der Waals surface area (Å²) < 4.78 is 27.6. The lowest BCUT2D eigenvalue weighted by molar-refractivity contribution is 0.507. The van der Waals surface area contributed by atoms with Gasteiger partial charge in [-0.05, 0) is 24.6 Å². The van der Waals surface area contributed by atoms with Gasteiger partial charge in [-0.15, -0.1) is 0 Å². The maximum absolute atomic E-state index is 13.1. The first-order valence-corrected chi connectivity index (χ1v) is 5.20. The van der Waals surface area contributed by atoms with Gasteiger partial charge < -0.3 is 10.3 Å². The number of hydrogen-bond donors (Lipinski definition) is 1. The summed E-state index contributed by atoms with van der Waals surface area (Å²) in [4.78, 5) is 4.12. The number of imidazole rings is 1. The molecule has 0 spiro atoms. The standard InChI is InChI=1S/C12H13F2N3/c1-7-11(17(2)12(15)16-7)6-8-3-4-9(13)10(14)5-8/h3-5H,6H2,1-2H3,(H2,15,16). The van der Waals surface area contributed by atoms with E-state index in [9.17, 15) is 8.78 Å². The summed E-state index contributed by atoms with van der Waals surface area (Å²) in [5.74, 6) is -1.26. The van der Waals surface area contributed by atoms with Crippen LogP contribution in [-0.4, -0.2) is 9.55 Å². The summed E-state index contributed by atoms with van der Waals surface area (Å²) in [5.41, 5.74) is 8.05. The summed E-state index contributed by atoms with van der Waals surface area (Å²) in [6, 6.07) is 3.87. The molecule has 5 heteroatoms. The van der Waals surface area contributed by atoms with Crippen molar-refractivity contribution in [2.75, 3.05) is 5.73 Å². The minimum absolute atomic E-state index is 0.417. The van der Waals surface area contributed by atoms with E-state index in [0.717, 1.165) is 17.5 Å². The average Bonchev–Trinajstić information content (AvgIpc) is 2.50. The van der Waals surface area contributed by atoms with Gasteiger partial charge in [0.25, 0.3) is 0 Å². The number of nitrogens with zero attached hydrogens (tertiary/aromatic N) is 2. The molecule has 2 aromatic rings. The molecule has 17 heavy (non-hydrogen) atoms. The third-order valence-electron chi connectivity index (χ3n) is 2.80. The van der Waals surface area contributed by atoms with Gasteiger partial charge in [0.1, 0.15) is 0 Å². The molecule has 0 bridgehead atoms. The summed E-state index contributed by atoms with van der Waals surface area (Å²) in [6.45, 7) is 1.84. The Balaban J connectivity index is 2.34. The number of halogens is 2. The van der Waals surface area contributed by atoms with E-state index in [1.54, 1.807) is 17.7 Å². The highest BCUT2D eigenvalue weighted by atomic mass is 19.2. The molecule has 2 rings (SSSR count). The molecule has 0 saturated carbocycles. The Labute approximate surface area is 97.9 Å². The van der Waals surface area contributed by atoms with Gasteiger partial charge in [0.15, 0.2) is 17.6 Å². The minimum Gasteiger partial charge on any atom is -0.369 e. The maximum Gasteiger partial charge on any atom is 0.200 e. The second-order valence-electron chi connectivity index (χ2n) is 3.99. The van der Waals surface area contributed by atoms with E-state index >= 15 is 0 Å². The van der Waals surface area contributed by atoms with Gasteiger partial charge in [0.05, 0.1) is 5.69 Å². The van der Waals surface area contributed by atoms with E-state index in [2.05, 4.69) is 4.98 Å². The van der Waals surface area contributed by atoms with Gasteiger partial charge in [-0.1, -0.05) is 6.07 Å². The Morgan fingerprint density at radius 2 is 2.00 bits per heavy atom. The number of rotatable bonds is 2. The maximum atomic E-state index is 13.1. The van der Waals surface area contributed by atoms with E-state index < -0.39 is 11.6 Å². The Morgan fingerprint density at radius 3 is 2.53 bits per heavy atom. The van der Waals surface area contributed by atoms with Crippen LogP contribution in [-0.2, 0) is 13.5 Å². The molecule has 1 heterocycles. The van der Waals surface area contributed by atoms with Crippen LogP contribution in [0.25, 0.3) is 0 Å². The van der Waals surface area contributed by atoms with Gasteiger partial charge in [0.2, 0.25) is 0 Å². The predicted molar refractivity (Wildman–Crippen MR) is 61.5 cm³/mol. The molecule has 90 valence electrons. The molecular formula is C12H13F2N3. The van der Waals surface area contributed by atoms with E-state index in [0.29, 0.717) is 17.9 Å². The molecule has 0 fully saturated rings. The van der Waals surface area contributed by atoms with Crippen molar-refractivity contribution in [3.05, 3.63) is 46.8 Å². The fraction of sp³-hybridized carbons (Fsp3) is 0.250. The van der Waals surface area contributed by atoms with Crippen LogP contribution < -0.4 is 5.73 Å². The average molecular weight is 237 g/mol. The fourth-order valence-electron chi connectivity index (χ4n) is 1.78. The molecule has 0 aliphatic carbocycles. The van der Waals surface area contributed by atoms with E-state index in [1.807, 2.05) is 6.92 Å². The Hall–Kier alpha value is -1.91. The topological polar surface area (TPSA) is 43.8 Å². The number of aromatic nitrogens is 2. The van der Waals surface area contributed by atoms with Gasteiger partial charge in [-0.2, -0.15) is 0 Å². The van der Waals surface area contributed by atoms with Gasteiger partial charge in [0, 0.05) is 19.2 Å². The van der Waals surface area contributed by atoms with Crippen LogP contribution in [0.1, 0.15) is 17.0 Å². The normalized spacial score (nSPS) is 10.8. The lowest BCUT2D eigenvalue weighted by atomic mass is 10.1. The SMILES string of the molecule is Cc1nc(N)n(C)c1Cc1ccc(F)c(F)c1. The van der Waals surface area contributed by atoms with Gasteiger partial charge in [-0.3, -0.25) is 0 Å². The van der Waals surface area contributed by atoms with Crippen molar-refractivity contribution in [2.45, 2.75) is 13.3 Å². The molecule has 0 atom stereocenters. The number of benzene rings is 1. The minimum atomic E-state index is -0.838. The lowest BCUT2D eigenvalue weighted by Crippen LogP contribution is -2.03. The first kappa shape index (κ1) is 11.6. The van der Waals surface area contributed by atoms with Gasteiger partial charge in [-0.25, -0.2) is 13.8 Å². The van der Waals surface area contributed by atoms with Crippen LogP contribution in [0.15, 0.2) is 18.2 Å². The molecule has 0 aliphatic heterocycles. The zero-order chi connectivity index (χ0) is 12.6. The van der Waals surface area contributed by atoms with Crippen LogP contribution in [0.5, 0.6) is 0 Å². The first-order valence-electron chi connectivity index (χ1n) is 5.20. The molecule has 0 amide bonds. The zero-order valence-corrected chi connectivity index (χ0v) is 9.67. The Kier molecular flexibility index (Phi) is 2.83. The number of nitrogens with two attached hydrogens (primary N) is 1. The third-order valence-corrected chi connectivity index (χ3v) is 2.80. The Bertz CT molecular complexity index is 561. The van der Waals surface area contributed by atoms with E-state index in [-0.39, 0.29) is 0 Å². The summed E-state index contributed by atoms with van der Waals surface area (Å²) in [5, 5.41) is 0. The molecule has 3 nitrogen and oxygen atoms in total. The monoisotopic (exact) mass is 237 g/mol. The first-order chi connectivity index (χ1) is 7.99. The van der Waals surface area contributed by atoms with Crippen LogP contribution in [0, 0.1) is 18.6 Å². The number of anilines is 1. The second kappa shape index (κ2) is 4.16. The van der Waals surface area contributed by atoms with Crippen molar-refractivity contribution >= 4 is 5.95 Å². The fourth-order valence-corrected chi connectivity index (χ4v) is 1.78. The summed E-state index contributed by atoms with van der Waals surface area (Å²) >= 11 is 0. The van der Waals surface area contributed by atoms with E-state index in [1.165, 1.54) is 6.07 Å². The molecule has 0 saturated heterocycles. The van der Waals surface area contributed by atoms with Crippen LogP contribution >= 0.6 is 0 Å². The molecule has 0 unspecified atom stereocenters. The highest BCUT2D eigenvalue weighted by Gasteiger charge is 2.11. The molecule has 1 aromatic carbocycles. The van der Waals surface area contributed by atoms with Crippen LogP contribution in [0.3, 0.4) is 0 Å². The lowest BCUT2D eigenvalue weighted by Gasteiger charge is -2.05. The molecule has 0 radical (unpaired) electrons. The highest BCUT2D eigenvalue weighted by molar-refractivity contribution is 5.32. The van der Waals surface area contributed by atoms with Crippen LogP contribution in [0.4, 0.5) is 14.7 Å². The van der Waals surface area contributed by atoms with Crippen molar-refractivity contribution in [2.24, 2.45) is 7.05 Å². The summed E-state index contributed by atoms with van der Waals surface area (Å²) in [6.07, 6.45) is 0.476. The highest BCUT2D eigenvalue weighted by Crippen LogP contribution is 2.17. The van der Waals surface area contributed by atoms with Crippen molar-refractivity contribution in [1.82, 2.24) is 9.55 Å². The number of hydrogen-bond acceptors (Lipinski definition) is 2. The predicted octanol–water partition coefficient (Wildman–Crippen LogP) is 2.18. The smallest absolute Gasteiger partial charge is 0.200 e. The van der Waals surface area contributed by atoms with Crippen molar-refractivity contribution in [3.8, 4) is 0 Å². The molecule has 0 aliphatic rings. The van der Waals surface area contributed by atoms with Crippen molar-refractivity contribution in [3.63, 3.8) is 0 Å². The largest absolute Gasteiger partial charge is 0.369 e. The Morgan fingerprint density at radius 1 is 1.29 bits per heavy atom. The van der Waals surface area contributed by atoms with Crippen molar-refractivity contribution < 1.29 is 8.78 Å². The van der Waals surface area contributed by atoms with E-state index in [4.69, 9.17) is 5.73 Å². The molecule has 2 N–H and O–H groups in total. The zero-order valence-electron chi connectivity index (χ0n) is 9.67. The number of aryl methyl sites for hydroxylation is 1. The molecule has 1 aromatic heterocycles. The second-order valence-corrected chi connectivity index (χ2v) is 3.99. The number of nitrogen functional groups attached to an aromatic ring is 1. The quantitative estimate of drug-likeness (QED) is 0.870. The third kappa shape index (κ3) is 2.13. The van der Waals surface area contributed by atoms with Crippen LogP contribution in [0.2, 0.25) is 0 Å².